The molecule has 2 heterocycles. The van der Waals surface area contributed by atoms with Crippen LogP contribution in [-0.4, -0.2) is 24.4 Å². The Kier molecular flexibility index (Phi) is 4.68. The first-order valence-corrected chi connectivity index (χ1v) is 9.21. The Morgan fingerprint density at radius 2 is 1.85 bits per heavy atom. The van der Waals surface area contributed by atoms with Crippen LogP contribution in [0, 0.1) is 5.82 Å². The topological polar surface area (TPSA) is 83.8 Å². The number of imidazole rings is 1. The lowest BCUT2D eigenvalue weighted by molar-refractivity contribution is 0.291. The number of hydrogen-bond donors (Lipinski definition) is 1. The molecule has 0 atom stereocenters. The van der Waals surface area contributed by atoms with E-state index in [0.717, 1.165) is 16.9 Å². The first-order valence-electron chi connectivity index (χ1n) is 8.22. The van der Waals surface area contributed by atoms with E-state index in [0.29, 0.717) is 22.5 Å². The van der Waals surface area contributed by atoms with Gasteiger partial charge in [-0.2, -0.15) is 0 Å². The third-order valence-electron chi connectivity index (χ3n) is 4.13. The first-order chi connectivity index (χ1) is 13.1. The van der Waals surface area contributed by atoms with E-state index < -0.39 is 0 Å². The van der Waals surface area contributed by atoms with Gasteiger partial charge in [0.25, 0.3) is 0 Å². The number of nitrogen functional groups attached to an aromatic ring is 1. The second kappa shape index (κ2) is 7.28. The van der Waals surface area contributed by atoms with E-state index in [-0.39, 0.29) is 12.4 Å². The fourth-order valence-electron chi connectivity index (χ4n) is 2.64. The summed E-state index contributed by atoms with van der Waals surface area (Å²) < 4.78 is 21.9. The van der Waals surface area contributed by atoms with Gasteiger partial charge < -0.3 is 15.1 Å². The van der Waals surface area contributed by atoms with E-state index >= 15 is 0 Å². The maximum atomic E-state index is 12.9. The fraction of sp³-hybridized carbons (Fsp3) is 0.167. The monoisotopic (exact) mass is 384 g/mol. The molecule has 0 aliphatic carbocycles. The molecule has 0 unspecified atom stereocenters. The fourth-order valence-corrected chi connectivity index (χ4v) is 3.50. The number of halogens is 1. The molecule has 7 nitrogen and oxygen atoms in total. The molecule has 2 N–H and O–H groups in total. The molecular formula is C18H17FN6OS. The van der Waals surface area contributed by atoms with Crippen LogP contribution in [0.2, 0.25) is 0 Å². The first kappa shape index (κ1) is 17.3. The molecule has 0 fully saturated rings. The SMILES string of the molecule is Cn1c(CSc2nnc(COc3ccc(F)cc3)n2N)nc2ccccc21. The van der Waals surface area contributed by atoms with E-state index in [1.54, 1.807) is 12.1 Å². The molecule has 27 heavy (non-hydrogen) atoms. The van der Waals surface area contributed by atoms with Gasteiger partial charge in [-0.3, -0.25) is 0 Å². The quantitative estimate of drug-likeness (QED) is 0.406. The lowest BCUT2D eigenvalue weighted by atomic mass is 10.3. The van der Waals surface area contributed by atoms with Gasteiger partial charge in [0.1, 0.15) is 24.0 Å². The van der Waals surface area contributed by atoms with Crippen LogP contribution >= 0.6 is 11.8 Å². The standard InChI is InChI=1S/C18H17FN6OS/c1-24-15-5-3-2-4-14(15)21-17(24)11-27-18-23-22-16(25(18)20)10-26-13-8-6-12(19)7-9-13/h2-9H,10-11,20H2,1H3. The van der Waals surface area contributed by atoms with E-state index in [9.17, 15) is 4.39 Å². The molecule has 0 aliphatic heterocycles. The van der Waals surface area contributed by atoms with Crippen molar-refractivity contribution >= 4 is 22.8 Å². The van der Waals surface area contributed by atoms with Crippen molar-refractivity contribution in [2.24, 2.45) is 7.05 Å². The lowest BCUT2D eigenvalue weighted by Gasteiger charge is -2.06. The highest BCUT2D eigenvalue weighted by Gasteiger charge is 2.13. The molecule has 0 bridgehead atoms. The van der Waals surface area contributed by atoms with Crippen molar-refractivity contribution in [1.82, 2.24) is 24.4 Å². The van der Waals surface area contributed by atoms with E-state index in [1.165, 1.54) is 28.6 Å². The Balaban J connectivity index is 1.42. The van der Waals surface area contributed by atoms with Crippen LogP contribution < -0.4 is 10.6 Å². The van der Waals surface area contributed by atoms with Crippen molar-refractivity contribution in [2.45, 2.75) is 17.5 Å². The summed E-state index contributed by atoms with van der Waals surface area (Å²) in [5.74, 6) is 8.31. The average molecular weight is 384 g/mol. The van der Waals surface area contributed by atoms with Crippen LogP contribution in [0.15, 0.2) is 53.7 Å². The molecule has 4 aromatic rings. The summed E-state index contributed by atoms with van der Waals surface area (Å²) in [6, 6.07) is 13.7. The predicted octanol–water partition coefficient (Wildman–Crippen LogP) is 2.89. The number of nitrogens with zero attached hydrogens (tertiary/aromatic N) is 5. The van der Waals surface area contributed by atoms with Crippen LogP contribution in [-0.2, 0) is 19.4 Å². The number of nitrogens with two attached hydrogens (primary N) is 1. The summed E-state index contributed by atoms with van der Waals surface area (Å²) in [5, 5.41) is 8.75. The molecule has 0 aliphatic rings. The molecule has 2 aromatic heterocycles. The van der Waals surface area contributed by atoms with E-state index in [2.05, 4.69) is 19.7 Å². The molecule has 0 spiro atoms. The Morgan fingerprint density at radius 1 is 1.07 bits per heavy atom. The number of hydrogen-bond acceptors (Lipinski definition) is 6. The third-order valence-corrected chi connectivity index (χ3v) is 5.07. The Hall–Kier alpha value is -3.07. The van der Waals surface area contributed by atoms with Gasteiger partial charge >= 0.3 is 0 Å². The zero-order valence-corrected chi connectivity index (χ0v) is 15.4. The van der Waals surface area contributed by atoms with Gasteiger partial charge in [-0.05, 0) is 36.4 Å². The van der Waals surface area contributed by atoms with Crippen molar-refractivity contribution in [1.29, 1.82) is 0 Å². The zero-order chi connectivity index (χ0) is 18.8. The van der Waals surface area contributed by atoms with Crippen LogP contribution in [0.4, 0.5) is 4.39 Å². The van der Waals surface area contributed by atoms with Crippen LogP contribution in [0.1, 0.15) is 11.6 Å². The zero-order valence-electron chi connectivity index (χ0n) is 14.5. The van der Waals surface area contributed by atoms with Crippen LogP contribution in [0.25, 0.3) is 11.0 Å². The molecular weight excluding hydrogens is 367 g/mol. The van der Waals surface area contributed by atoms with E-state index in [4.69, 9.17) is 10.6 Å². The van der Waals surface area contributed by atoms with Crippen LogP contribution in [0.3, 0.4) is 0 Å². The van der Waals surface area contributed by atoms with Crippen molar-refractivity contribution in [3.63, 3.8) is 0 Å². The number of fused-ring (bicyclic) bond motifs is 1. The van der Waals surface area contributed by atoms with E-state index in [1.807, 2.05) is 31.3 Å². The average Bonchev–Trinajstić information content (AvgIpc) is 3.20. The molecule has 2 aromatic carbocycles. The third kappa shape index (κ3) is 3.59. The molecule has 9 heteroatoms. The van der Waals surface area contributed by atoms with Gasteiger partial charge in [-0.25, -0.2) is 14.1 Å². The van der Waals surface area contributed by atoms with Gasteiger partial charge in [0, 0.05) is 7.05 Å². The highest BCUT2D eigenvalue weighted by molar-refractivity contribution is 7.98. The van der Waals surface area contributed by atoms with Crippen LogP contribution in [0.5, 0.6) is 5.75 Å². The number of ether oxygens (including phenoxy) is 1. The summed E-state index contributed by atoms with van der Waals surface area (Å²) in [7, 11) is 1.99. The second-order valence-corrected chi connectivity index (χ2v) is 6.82. The smallest absolute Gasteiger partial charge is 0.210 e. The Morgan fingerprint density at radius 3 is 2.63 bits per heavy atom. The minimum absolute atomic E-state index is 0.141. The molecule has 138 valence electrons. The normalized spacial score (nSPS) is 11.2. The lowest BCUT2D eigenvalue weighted by Crippen LogP contribution is -2.16. The highest BCUT2D eigenvalue weighted by atomic mass is 32.2. The summed E-state index contributed by atoms with van der Waals surface area (Å²) in [4.78, 5) is 4.64. The van der Waals surface area contributed by atoms with Crippen molar-refractivity contribution < 1.29 is 9.13 Å². The second-order valence-electron chi connectivity index (χ2n) is 5.88. The van der Waals surface area contributed by atoms with Gasteiger partial charge in [0.05, 0.1) is 16.8 Å². The number of aromatic nitrogens is 5. The maximum Gasteiger partial charge on any atom is 0.210 e. The summed E-state index contributed by atoms with van der Waals surface area (Å²) in [5.41, 5.74) is 2.04. The molecule has 0 radical (unpaired) electrons. The van der Waals surface area contributed by atoms with Gasteiger partial charge in [0.15, 0.2) is 5.82 Å². The predicted molar refractivity (Wildman–Crippen MR) is 101 cm³/mol. The summed E-state index contributed by atoms with van der Waals surface area (Å²) >= 11 is 1.45. The van der Waals surface area contributed by atoms with Gasteiger partial charge in [-0.15, -0.1) is 10.2 Å². The maximum absolute atomic E-state index is 12.9. The number of benzene rings is 2. The molecule has 0 saturated carbocycles. The molecule has 0 saturated heterocycles. The molecule has 0 amide bonds. The summed E-state index contributed by atoms with van der Waals surface area (Å²) in [6.45, 7) is 0.141. The number of rotatable bonds is 6. The van der Waals surface area contributed by atoms with Gasteiger partial charge in [0.2, 0.25) is 5.16 Å². The number of aryl methyl sites for hydroxylation is 1. The minimum Gasteiger partial charge on any atom is -0.486 e. The van der Waals surface area contributed by atoms with Gasteiger partial charge in [-0.1, -0.05) is 23.9 Å². The van der Waals surface area contributed by atoms with Crippen molar-refractivity contribution in [3.05, 3.63) is 66.0 Å². The Labute approximate surface area is 158 Å². The number of thioether (sulfide) groups is 1. The largest absolute Gasteiger partial charge is 0.486 e. The van der Waals surface area contributed by atoms with Crippen molar-refractivity contribution in [2.75, 3.05) is 5.84 Å². The Bertz CT molecular complexity index is 1080. The highest BCUT2D eigenvalue weighted by Crippen LogP contribution is 2.23. The number of para-hydroxylation sites is 2. The van der Waals surface area contributed by atoms with Crippen molar-refractivity contribution in [3.8, 4) is 5.75 Å². The molecule has 4 rings (SSSR count). The summed E-state index contributed by atoms with van der Waals surface area (Å²) in [6.07, 6.45) is 0. The minimum atomic E-state index is -0.315.